The van der Waals surface area contributed by atoms with E-state index in [1.807, 2.05) is 24.1 Å². The maximum Gasteiger partial charge on any atom is 0.230 e. The minimum Gasteiger partial charge on any atom is -0.492 e. The Balaban J connectivity index is 1.77. The van der Waals surface area contributed by atoms with Gasteiger partial charge in [0.1, 0.15) is 6.33 Å². The highest BCUT2D eigenvalue weighted by Gasteiger charge is 2.32. The first-order valence-electron chi connectivity index (χ1n) is 8.37. The fourth-order valence-corrected chi connectivity index (χ4v) is 4.83. The predicted molar refractivity (Wildman–Crippen MR) is 92.2 cm³/mol. The van der Waals surface area contributed by atoms with E-state index in [0.717, 1.165) is 10.4 Å². The second kappa shape index (κ2) is 6.18. The molecule has 24 heavy (non-hydrogen) atoms. The molecule has 1 N–H and O–H groups in total. The molecule has 3 aromatic heterocycles. The highest BCUT2D eigenvalue weighted by atomic mass is 32.1. The first-order chi connectivity index (χ1) is 11.6. The molecular weight excluding hydrogens is 324 g/mol. The second-order valence-corrected chi connectivity index (χ2v) is 7.56. The van der Waals surface area contributed by atoms with Crippen molar-refractivity contribution >= 4 is 16.3 Å². The SMILES string of the molecule is CN(C1CCCCC1)[C@@H](c1cnn(C)c1)c1sc2ncnn2c1O. The van der Waals surface area contributed by atoms with Crippen LogP contribution in [0.15, 0.2) is 18.7 Å². The van der Waals surface area contributed by atoms with Crippen molar-refractivity contribution in [3.63, 3.8) is 0 Å². The number of aryl methyl sites for hydroxylation is 1. The molecule has 3 aromatic rings. The van der Waals surface area contributed by atoms with E-state index in [1.54, 1.807) is 0 Å². The smallest absolute Gasteiger partial charge is 0.230 e. The van der Waals surface area contributed by atoms with Crippen LogP contribution in [0.1, 0.15) is 48.6 Å². The summed E-state index contributed by atoms with van der Waals surface area (Å²) in [7, 11) is 4.08. The highest BCUT2D eigenvalue weighted by Crippen LogP contribution is 2.41. The number of aromatic hydroxyl groups is 1. The number of hydrogen-bond donors (Lipinski definition) is 1. The fourth-order valence-electron chi connectivity index (χ4n) is 3.72. The number of rotatable bonds is 4. The van der Waals surface area contributed by atoms with Gasteiger partial charge in [-0.15, -0.1) is 0 Å². The molecule has 7 nitrogen and oxygen atoms in total. The molecule has 0 radical (unpaired) electrons. The molecule has 0 aromatic carbocycles. The molecule has 0 amide bonds. The van der Waals surface area contributed by atoms with Gasteiger partial charge in [-0.05, 0) is 19.9 Å². The van der Waals surface area contributed by atoms with Crippen molar-refractivity contribution < 1.29 is 5.11 Å². The molecule has 0 unspecified atom stereocenters. The van der Waals surface area contributed by atoms with Crippen LogP contribution in [-0.2, 0) is 7.05 Å². The predicted octanol–water partition coefficient (Wildman–Crippen LogP) is 2.58. The molecule has 8 heteroatoms. The topological polar surface area (TPSA) is 71.5 Å². The fraction of sp³-hybridized carbons (Fsp3) is 0.562. The molecule has 4 rings (SSSR count). The molecule has 128 valence electrons. The summed E-state index contributed by atoms with van der Waals surface area (Å²) in [5, 5.41) is 19.1. The van der Waals surface area contributed by atoms with E-state index in [4.69, 9.17) is 0 Å². The van der Waals surface area contributed by atoms with Gasteiger partial charge in [-0.3, -0.25) is 9.58 Å². The standard InChI is InChI=1S/C16H22N6OS/c1-20-9-11(8-18-20)13(21(2)12-6-4-3-5-7-12)14-15(23)22-16(24-14)17-10-19-22/h8-10,12-13,23H,3-7H2,1-2H3/t13-/m0/s1. The highest BCUT2D eigenvalue weighted by molar-refractivity contribution is 7.17. The maximum absolute atomic E-state index is 10.7. The molecule has 0 saturated heterocycles. The zero-order valence-corrected chi connectivity index (χ0v) is 14.8. The Morgan fingerprint density at radius 2 is 2.08 bits per heavy atom. The molecule has 0 bridgehead atoms. The van der Waals surface area contributed by atoms with Crippen molar-refractivity contribution in [3.8, 4) is 5.88 Å². The van der Waals surface area contributed by atoms with Gasteiger partial charge < -0.3 is 5.11 Å². The molecule has 1 atom stereocenters. The molecular formula is C16H22N6OS. The van der Waals surface area contributed by atoms with Crippen molar-refractivity contribution in [1.29, 1.82) is 0 Å². The minimum atomic E-state index is -0.0321. The summed E-state index contributed by atoms with van der Waals surface area (Å²) in [5.74, 6) is 0.184. The molecule has 1 aliphatic rings. The molecule has 1 fully saturated rings. The molecule has 3 heterocycles. The van der Waals surface area contributed by atoms with Crippen molar-refractivity contribution in [3.05, 3.63) is 29.2 Å². The van der Waals surface area contributed by atoms with E-state index < -0.39 is 0 Å². The largest absolute Gasteiger partial charge is 0.492 e. The first kappa shape index (κ1) is 15.6. The van der Waals surface area contributed by atoms with Gasteiger partial charge in [-0.2, -0.15) is 14.7 Å². The van der Waals surface area contributed by atoms with Crippen LogP contribution >= 0.6 is 11.3 Å². The van der Waals surface area contributed by atoms with Crippen LogP contribution in [0, 0.1) is 0 Å². The van der Waals surface area contributed by atoms with Crippen molar-refractivity contribution in [1.82, 2.24) is 29.3 Å². The monoisotopic (exact) mass is 346 g/mol. The lowest BCUT2D eigenvalue weighted by Crippen LogP contribution is -2.36. The molecule has 1 saturated carbocycles. The summed E-state index contributed by atoms with van der Waals surface area (Å²) in [6.07, 6.45) is 11.7. The van der Waals surface area contributed by atoms with Crippen LogP contribution < -0.4 is 0 Å². The van der Waals surface area contributed by atoms with E-state index in [2.05, 4.69) is 27.1 Å². The van der Waals surface area contributed by atoms with E-state index >= 15 is 0 Å². The van der Waals surface area contributed by atoms with E-state index in [1.165, 1.54) is 54.3 Å². The van der Waals surface area contributed by atoms with Crippen LogP contribution in [0.3, 0.4) is 0 Å². The minimum absolute atomic E-state index is 0.0321. The van der Waals surface area contributed by atoms with Crippen molar-refractivity contribution in [2.24, 2.45) is 7.05 Å². The second-order valence-electron chi connectivity index (χ2n) is 6.55. The normalized spacial score (nSPS) is 17.8. The summed E-state index contributed by atoms with van der Waals surface area (Å²) in [5.41, 5.74) is 1.09. The Kier molecular flexibility index (Phi) is 4.01. The van der Waals surface area contributed by atoms with Crippen LogP contribution in [0.25, 0.3) is 4.96 Å². The zero-order valence-electron chi connectivity index (χ0n) is 14.0. The van der Waals surface area contributed by atoms with E-state index in [0.29, 0.717) is 11.0 Å². The summed E-state index contributed by atoms with van der Waals surface area (Å²) >= 11 is 1.50. The van der Waals surface area contributed by atoms with Crippen LogP contribution in [-0.4, -0.2) is 47.5 Å². The summed E-state index contributed by atoms with van der Waals surface area (Å²) in [6, 6.07) is 0.487. The van der Waals surface area contributed by atoms with E-state index in [-0.39, 0.29) is 11.9 Å². The number of fused-ring (bicyclic) bond motifs is 1. The Bertz CT molecular complexity index is 831. The van der Waals surface area contributed by atoms with Crippen LogP contribution in [0.5, 0.6) is 5.88 Å². The molecule has 0 aliphatic heterocycles. The number of nitrogens with zero attached hydrogens (tertiary/aromatic N) is 6. The zero-order chi connectivity index (χ0) is 16.7. The van der Waals surface area contributed by atoms with Gasteiger partial charge in [-0.1, -0.05) is 30.6 Å². The maximum atomic E-state index is 10.7. The third-order valence-corrected chi connectivity index (χ3v) is 6.07. The summed E-state index contributed by atoms with van der Waals surface area (Å²) in [4.78, 5) is 8.21. The molecule has 0 spiro atoms. The number of thiazole rings is 1. The number of hydrogen-bond acceptors (Lipinski definition) is 6. The lowest BCUT2D eigenvalue weighted by Gasteiger charge is -2.36. The summed E-state index contributed by atoms with van der Waals surface area (Å²) in [6.45, 7) is 0. The lowest BCUT2D eigenvalue weighted by molar-refractivity contribution is 0.157. The van der Waals surface area contributed by atoms with Gasteiger partial charge in [0.25, 0.3) is 0 Å². The summed E-state index contributed by atoms with van der Waals surface area (Å²) < 4.78 is 3.32. The quantitative estimate of drug-likeness (QED) is 0.786. The van der Waals surface area contributed by atoms with Crippen LogP contribution in [0.2, 0.25) is 0 Å². The van der Waals surface area contributed by atoms with Crippen molar-refractivity contribution in [2.75, 3.05) is 7.05 Å². The average molecular weight is 346 g/mol. The van der Waals surface area contributed by atoms with Gasteiger partial charge in [-0.25, -0.2) is 4.98 Å². The van der Waals surface area contributed by atoms with Gasteiger partial charge in [0, 0.05) is 24.8 Å². The van der Waals surface area contributed by atoms with Gasteiger partial charge in [0.05, 0.1) is 17.1 Å². The number of aromatic nitrogens is 5. The third-order valence-electron chi connectivity index (χ3n) is 4.99. The van der Waals surface area contributed by atoms with Crippen molar-refractivity contribution in [2.45, 2.75) is 44.2 Å². The van der Waals surface area contributed by atoms with E-state index in [9.17, 15) is 5.11 Å². The average Bonchev–Trinajstić information content (AvgIpc) is 3.29. The Morgan fingerprint density at radius 3 is 2.75 bits per heavy atom. The Hall–Kier alpha value is -1.93. The van der Waals surface area contributed by atoms with Gasteiger partial charge in [0.2, 0.25) is 10.8 Å². The van der Waals surface area contributed by atoms with Gasteiger partial charge in [0.15, 0.2) is 0 Å². The Labute approximate surface area is 144 Å². The lowest BCUT2D eigenvalue weighted by atomic mass is 9.92. The van der Waals surface area contributed by atoms with Gasteiger partial charge >= 0.3 is 0 Å². The van der Waals surface area contributed by atoms with Crippen LogP contribution in [0.4, 0.5) is 0 Å². The Morgan fingerprint density at radius 1 is 1.29 bits per heavy atom. The first-order valence-corrected chi connectivity index (χ1v) is 9.18. The third kappa shape index (κ3) is 2.59. The molecule has 1 aliphatic carbocycles.